The minimum atomic E-state index is -4.70. The Morgan fingerprint density at radius 1 is 0.696 bits per heavy atom. The first-order valence-electron chi connectivity index (χ1n) is 16.4. The summed E-state index contributed by atoms with van der Waals surface area (Å²) in [5.41, 5.74) is -2.46. The quantitative estimate of drug-likeness (QED) is 0.148. The van der Waals surface area contributed by atoms with Crippen LogP contribution in [0.5, 0.6) is 5.75 Å². The zero-order valence-electron chi connectivity index (χ0n) is 26.0. The standard InChI is InChI=1S/C37H40F8O/c1-2-3-4-5-22-6-8-23(9-7-22)24-10-12-25(13-11-24)26-14-15-29(31(39)16-26)27-17-34(42)36(35(43)18-27)37(44,45)46-28-19-32(40)30(21-38)33(41)20-28/h14-20,22-25H,2-13,21H2,1H3. The number of hydrogen-bond donors (Lipinski definition) is 0. The lowest BCUT2D eigenvalue weighted by Gasteiger charge is -2.38. The predicted octanol–water partition coefficient (Wildman–Crippen LogP) is 12.3. The van der Waals surface area contributed by atoms with E-state index in [9.17, 15) is 30.7 Å². The van der Waals surface area contributed by atoms with Gasteiger partial charge in [-0.1, -0.05) is 57.6 Å². The summed E-state index contributed by atoms with van der Waals surface area (Å²) in [6.45, 7) is 0.705. The van der Waals surface area contributed by atoms with Crippen LogP contribution in [0.4, 0.5) is 35.1 Å². The minimum Gasteiger partial charge on any atom is -0.429 e. The molecule has 1 nitrogen and oxygen atoms in total. The van der Waals surface area contributed by atoms with Gasteiger partial charge >= 0.3 is 6.11 Å². The fraction of sp³-hybridized carbons (Fsp3) is 0.514. The highest BCUT2D eigenvalue weighted by molar-refractivity contribution is 5.65. The van der Waals surface area contributed by atoms with Crippen LogP contribution >= 0.6 is 0 Å². The maximum Gasteiger partial charge on any atom is 0.432 e. The zero-order valence-corrected chi connectivity index (χ0v) is 26.0. The van der Waals surface area contributed by atoms with E-state index in [4.69, 9.17) is 0 Å². The third kappa shape index (κ3) is 7.71. The number of rotatable bonds is 11. The molecule has 0 aliphatic heterocycles. The third-order valence-electron chi connectivity index (χ3n) is 10.1. The maximum atomic E-state index is 15.3. The molecule has 0 unspecified atom stereocenters. The number of ether oxygens (including phenoxy) is 1. The van der Waals surface area contributed by atoms with E-state index in [0.717, 1.165) is 43.1 Å². The Hall–Kier alpha value is -3.10. The second kappa shape index (κ2) is 14.8. The molecule has 9 heteroatoms. The van der Waals surface area contributed by atoms with Crippen molar-refractivity contribution in [3.8, 4) is 16.9 Å². The summed E-state index contributed by atoms with van der Waals surface area (Å²) in [4.78, 5) is 0. The SMILES string of the molecule is CCCCCC1CCC(C2CCC(c3ccc(-c4cc(F)c(C(F)(F)Oc5cc(F)c(CF)c(F)c5)c(F)c4)c(F)c3)CC2)CC1. The van der Waals surface area contributed by atoms with Gasteiger partial charge in [0.15, 0.2) is 0 Å². The van der Waals surface area contributed by atoms with E-state index in [2.05, 4.69) is 11.7 Å². The van der Waals surface area contributed by atoms with E-state index in [1.54, 1.807) is 6.07 Å². The summed E-state index contributed by atoms with van der Waals surface area (Å²) in [5.74, 6) is -5.79. The van der Waals surface area contributed by atoms with Crippen molar-refractivity contribution in [1.82, 2.24) is 0 Å². The van der Waals surface area contributed by atoms with Crippen molar-refractivity contribution in [3.63, 3.8) is 0 Å². The zero-order chi connectivity index (χ0) is 33.0. The van der Waals surface area contributed by atoms with Crippen molar-refractivity contribution in [3.05, 3.63) is 88.2 Å². The highest BCUT2D eigenvalue weighted by Gasteiger charge is 2.42. The van der Waals surface area contributed by atoms with Crippen LogP contribution < -0.4 is 4.74 Å². The fourth-order valence-electron chi connectivity index (χ4n) is 7.55. The molecular weight excluding hydrogens is 612 g/mol. The smallest absolute Gasteiger partial charge is 0.429 e. The third-order valence-corrected chi connectivity index (χ3v) is 10.1. The molecule has 0 amide bonds. The van der Waals surface area contributed by atoms with Gasteiger partial charge in [-0.05, 0) is 91.5 Å². The summed E-state index contributed by atoms with van der Waals surface area (Å²) in [5, 5.41) is 0. The van der Waals surface area contributed by atoms with E-state index in [1.165, 1.54) is 63.5 Å². The highest BCUT2D eigenvalue weighted by atomic mass is 19.3. The molecule has 5 rings (SSSR count). The van der Waals surface area contributed by atoms with Crippen molar-refractivity contribution in [2.75, 3.05) is 0 Å². The number of unbranched alkanes of at least 4 members (excludes halogenated alkanes) is 2. The average Bonchev–Trinajstić information content (AvgIpc) is 3.01. The lowest BCUT2D eigenvalue weighted by molar-refractivity contribution is -0.189. The fourth-order valence-corrected chi connectivity index (χ4v) is 7.55. The van der Waals surface area contributed by atoms with Crippen molar-refractivity contribution in [1.29, 1.82) is 0 Å². The van der Waals surface area contributed by atoms with Crippen molar-refractivity contribution in [2.45, 2.75) is 103 Å². The summed E-state index contributed by atoms with van der Waals surface area (Å²) >= 11 is 0. The number of hydrogen-bond acceptors (Lipinski definition) is 1. The summed E-state index contributed by atoms with van der Waals surface area (Å²) in [6.07, 6.45) is 9.85. The molecular formula is C37H40F8O. The van der Waals surface area contributed by atoms with E-state index in [0.29, 0.717) is 30.2 Å². The van der Waals surface area contributed by atoms with Gasteiger partial charge in [-0.3, -0.25) is 0 Å². The van der Waals surface area contributed by atoms with Crippen molar-refractivity contribution in [2.24, 2.45) is 17.8 Å². The maximum absolute atomic E-state index is 15.3. The Bertz CT molecular complexity index is 1440. The Morgan fingerprint density at radius 3 is 1.83 bits per heavy atom. The first-order chi connectivity index (χ1) is 22.0. The van der Waals surface area contributed by atoms with Crippen LogP contribution in [-0.4, -0.2) is 0 Å². The lowest BCUT2D eigenvalue weighted by Crippen LogP contribution is -2.25. The molecule has 2 aliphatic carbocycles. The van der Waals surface area contributed by atoms with Gasteiger partial charge in [-0.15, -0.1) is 0 Å². The van der Waals surface area contributed by atoms with Crippen LogP contribution in [0.2, 0.25) is 0 Å². The topological polar surface area (TPSA) is 9.23 Å². The largest absolute Gasteiger partial charge is 0.432 e. The molecule has 2 fully saturated rings. The normalized spacial score (nSPS) is 22.2. The lowest BCUT2D eigenvalue weighted by atomic mass is 9.68. The average molecular weight is 653 g/mol. The van der Waals surface area contributed by atoms with Crippen LogP contribution in [0.25, 0.3) is 11.1 Å². The number of alkyl halides is 3. The molecule has 2 aliphatic rings. The summed E-state index contributed by atoms with van der Waals surface area (Å²) in [6, 6.07) is 6.18. The van der Waals surface area contributed by atoms with Gasteiger partial charge in [0.05, 0.1) is 5.56 Å². The van der Waals surface area contributed by atoms with Crippen LogP contribution in [0.3, 0.4) is 0 Å². The molecule has 0 saturated heterocycles. The molecule has 3 aromatic rings. The predicted molar refractivity (Wildman–Crippen MR) is 162 cm³/mol. The monoisotopic (exact) mass is 652 g/mol. The van der Waals surface area contributed by atoms with Crippen LogP contribution in [0.15, 0.2) is 42.5 Å². The molecule has 0 N–H and O–H groups in total. The van der Waals surface area contributed by atoms with Crippen LogP contribution in [0, 0.1) is 46.8 Å². The Morgan fingerprint density at radius 2 is 1.28 bits per heavy atom. The summed E-state index contributed by atoms with van der Waals surface area (Å²) < 4.78 is 119. The van der Waals surface area contributed by atoms with Gasteiger partial charge in [0, 0.05) is 17.7 Å². The van der Waals surface area contributed by atoms with E-state index < -0.39 is 58.7 Å². The van der Waals surface area contributed by atoms with Crippen LogP contribution in [-0.2, 0) is 12.8 Å². The van der Waals surface area contributed by atoms with Crippen molar-refractivity contribution < 1.29 is 39.9 Å². The molecule has 3 aromatic carbocycles. The second-order valence-electron chi connectivity index (χ2n) is 13.1. The molecule has 46 heavy (non-hydrogen) atoms. The minimum absolute atomic E-state index is 0.160. The molecule has 250 valence electrons. The number of benzene rings is 3. The first kappa shape index (κ1) is 34.2. The van der Waals surface area contributed by atoms with Gasteiger partial charge in [-0.2, -0.15) is 8.78 Å². The van der Waals surface area contributed by atoms with Gasteiger partial charge in [0.1, 0.15) is 47.1 Å². The van der Waals surface area contributed by atoms with Crippen LogP contribution in [0.1, 0.15) is 107 Å². The van der Waals surface area contributed by atoms with Gasteiger partial charge in [0.2, 0.25) is 0 Å². The van der Waals surface area contributed by atoms with Gasteiger partial charge < -0.3 is 4.74 Å². The van der Waals surface area contributed by atoms with E-state index >= 15 is 4.39 Å². The first-order valence-corrected chi connectivity index (χ1v) is 16.4. The summed E-state index contributed by atoms with van der Waals surface area (Å²) in [7, 11) is 0. The second-order valence-corrected chi connectivity index (χ2v) is 13.1. The number of halogens is 8. The van der Waals surface area contributed by atoms with E-state index in [1.807, 2.05) is 0 Å². The molecule has 0 aromatic heterocycles. The molecule has 0 atom stereocenters. The van der Waals surface area contributed by atoms with E-state index in [-0.39, 0.29) is 17.0 Å². The Balaban J connectivity index is 1.22. The molecule has 0 spiro atoms. The highest BCUT2D eigenvalue weighted by Crippen LogP contribution is 2.45. The molecule has 2 saturated carbocycles. The van der Waals surface area contributed by atoms with Gasteiger partial charge in [0.25, 0.3) is 0 Å². The Kier molecular flexibility index (Phi) is 11.0. The van der Waals surface area contributed by atoms with Crippen molar-refractivity contribution >= 4 is 0 Å². The molecule has 0 heterocycles. The molecule has 0 radical (unpaired) electrons. The van der Waals surface area contributed by atoms with Gasteiger partial charge in [-0.25, -0.2) is 26.3 Å². The Labute approximate surface area is 265 Å². The molecule has 0 bridgehead atoms.